The van der Waals surface area contributed by atoms with E-state index in [1.54, 1.807) is 6.92 Å². The average molecular weight is 324 g/mol. The number of rotatable bonds is 4. The lowest BCUT2D eigenvalue weighted by Gasteiger charge is -2.30. The SMILES string of the molecule is CCS(=O)(=O)N1CCC(C(=O)Nc2ccc(C)c(C)c2)CC1. The van der Waals surface area contributed by atoms with Crippen LogP contribution in [0.25, 0.3) is 0 Å². The van der Waals surface area contributed by atoms with Crippen LogP contribution in [-0.2, 0) is 14.8 Å². The minimum atomic E-state index is -3.14. The molecule has 0 aliphatic carbocycles. The summed E-state index contributed by atoms with van der Waals surface area (Å²) in [7, 11) is -3.14. The Bertz CT molecular complexity index is 647. The maximum absolute atomic E-state index is 12.3. The Morgan fingerprint density at radius 3 is 2.41 bits per heavy atom. The van der Waals surface area contributed by atoms with Crippen molar-refractivity contribution in [1.29, 1.82) is 0 Å². The molecule has 0 saturated carbocycles. The van der Waals surface area contributed by atoms with Crippen LogP contribution in [0.15, 0.2) is 18.2 Å². The Hall–Kier alpha value is -1.40. The standard InChI is InChI=1S/C16H24N2O3S/c1-4-22(20,21)18-9-7-14(8-10-18)16(19)17-15-6-5-12(2)13(3)11-15/h5-6,11,14H,4,7-10H2,1-3H3,(H,17,19). The molecular weight excluding hydrogens is 300 g/mol. The van der Waals surface area contributed by atoms with Crippen molar-refractivity contribution in [2.45, 2.75) is 33.6 Å². The number of hydrogen-bond donors (Lipinski definition) is 1. The zero-order chi connectivity index (χ0) is 16.3. The first-order valence-electron chi connectivity index (χ1n) is 7.69. The summed E-state index contributed by atoms with van der Waals surface area (Å²) in [5.41, 5.74) is 3.13. The quantitative estimate of drug-likeness (QED) is 0.924. The molecule has 1 amide bonds. The van der Waals surface area contributed by atoms with Gasteiger partial charge in [0.1, 0.15) is 0 Å². The number of hydrogen-bond acceptors (Lipinski definition) is 3. The van der Waals surface area contributed by atoms with Gasteiger partial charge in [0.05, 0.1) is 5.75 Å². The summed E-state index contributed by atoms with van der Waals surface area (Å²) in [6.45, 7) is 6.56. The van der Waals surface area contributed by atoms with Crippen LogP contribution in [0, 0.1) is 19.8 Å². The Morgan fingerprint density at radius 1 is 1.23 bits per heavy atom. The van der Waals surface area contributed by atoms with Crippen molar-refractivity contribution in [2.24, 2.45) is 5.92 Å². The summed E-state index contributed by atoms with van der Waals surface area (Å²) in [6, 6.07) is 5.85. The third-order valence-electron chi connectivity index (χ3n) is 4.36. The van der Waals surface area contributed by atoms with E-state index in [1.165, 1.54) is 9.87 Å². The average Bonchev–Trinajstić information content (AvgIpc) is 2.51. The second-order valence-corrected chi connectivity index (χ2v) is 8.12. The summed E-state index contributed by atoms with van der Waals surface area (Å²) < 4.78 is 25.1. The van der Waals surface area contributed by atoms with Gasteiger partial charge in [0.25, 0.3) is 0 Å². The minimum absolute atomic E-state index is 0.0169. The number of anilines is 1. The second-order valence-electron chi connectivity index (χ2n) is 5.86. The fourth-order valence-electron chi connectivity index (χ4n) is 2.64. The summed E-state index contributed by atoms with van der Waals surface area (Å²) in [5.74, 6) is -0.0197. The van der Waals surface area contributed by atoms with Gasteiger partial charge in [-0.05, 0) is 56.9 Å². The number of aryl methyl sites for hydroxylation is 2. The molecule has 1 fully saturated rings. The minimum Gasteiger partial charge on any atom is -0.326 e. The normalized spacial score (nSPS) is 17.4. The molecule has 6 heteroatoms. The number of nitrogens with zero attached hydrogens (tertiary/aromatic N) is 1. The zero-order valence-electron chi connectivity index (χ0n) is 13.4. The van der Waals surface area contributed by atoms with Crippen LogP contribution in [0.1, 0.15) is 30.9 Å². The highest BCUT2D eigenvalue weighted by Crippen LogP contribution is 2.22. The molecule has 5 nitrogen and oxygen atoms in total. The molecule has 1 aromatic rings. The van der Waals surface area contributed by atoms with Gasteiger partial charge in [-0.25, -0.2) is 12.7 Å². The third kappa shape index (κ3) is 3.87. The molecule has 0 unspecified atom stereocenters. The highest BCUT2D eigenvalue weighted by molar-refractivity contribution is 7.89. The van der Waals surface area contributed by atoms with Crippen molar-refractivity contribution >= 4 is 21.6 Å². The number of sulfonamides is 1. The molecule has 1 saturated heterocycles. The van der Waals surface area contributed by atoms with Crippen LogP contribution in [0.4, 0.5) is 5.69 Å². The fraction of sp³-hybridized carbons (Fsp3) is 0.562. The van der Waals surface area contributed by atoms with Gasteiger partial charge < -0.3 is 5.32 Å². The van der Waals surface area contributed by atoms with Crippen LogP contribution in [0.2, 0.25) is 0 Å². The van der Waals surface area contributed by atoms with Gasteiger partial charge in [0, 0.05) is 24.7 Å². The first-order chi connectivity index (χ1) is 10.3. The first kappa shape index (κ1) is 17.0. The van der Waals surface area contributed by atoms with Crippen LogP contribution >= 0.6 is 0 Å². The smallest absolute Gasteiger partial charge is 0.227 e. The van der Waals surface area contributed by atoms with Gasteiger partial charge >= 0.3 is 0 Å². The van der Waals surface area contributed by atoms with Crippen molar-refractivity contribution in [1.82, 2.24) is 4.31 Å². The number of piperidine rings is 1. The molecule has 0 bridgehead atoms. The summed E-state index contributed by atoms with van der Waals surface area (Å²) in [6.07, 6.45) is 1.16. The van der Waals surface area contributed by atoms with Gasteiger partial charge in [-0.15, -0.1) is 0 Å². The van der Waals surface area contributed by atoms with E-state index in [2.05, 4.69) is 5.32 Å². The monoisotopic (exact) mass is 324 g/mol. The van der Waals surface area contributed by atoms with E-state index in [1.807, 2.05) is 32.0 Å². The van der Waals surface area contributed by atoms with Crippen LogP contribution < -0.4 is 5.32 Å². The van der Waals surface area contributed by atoms with Gasteiger partial charge in [-0.1, -0.05) is 6.07 Å². The largest absolute Gasteiger partial charge is 0.326 e. The number of amides is 1. The maximum atomic E-state index is 12.3. The van der Waals surface area contributed by atoms with E-state index in [-0.39, 0.29) is 17.6 Å². The number of nitrogens with one attached hydrogen (secondary N) is 1. The highest BCUT2D eigenvalue weighted by Gasteiger charge is 2.30. The Morgan fingerprint density at radius 2 is 1.86 bits per heavy atom. The van der Waals surface area contributed by atoms with E-state index < -0.39 is 10.0 Å². The van der Waals surface area contributed by atoms with Crippen LogP contribution in [0.3, 0.4) is 0 Å². The van der Waals surface area contributed by atoms with E-state index in [0.29, 0.717) is 25.9 Å². The number of carbonyl (C=O) groups excluding carboxylic acids is 1. The molecule has 0 radical (unpaired) electrons. The van der Waals surface area contributed by atoms with Crippen LogP contribution in [-0.4, -0.2) is 37.5 Å². The molecule has 0 atom stereocenters. The van der Waals surface area contributed by atoms with E-state index >= 15 is 0 Å². The fourth-order valence-corrected chi connectivity index (χ4v) is 3.77. The molecule has 1 N–H and O–H groups in total. The van der Waals surface area contributed by atoms with Gasteiger partial charge in [-0.3, -0.25) is 4.79 Å². The van der Waals surface area contributed by atoms with Gasteiger partial charge in [0.15, 0.2) is 0 Å². The molecule has 1 aromatic carbocycles. The van der Waals surface area contributed by atoms with Crippen molar-refractivity contribution in [2.75, 3.05) is 24.2 Å². The Labute approximate surface area is 132 Å². The van der Waals surface area contributed by atoms with E-state index in [4.69, 9.17) is 0 Å². The maximum Gasteiger partial charge on any atom is 0.227 e. The molecule has 1 heterocycles. The lowest BCUT2D eigenvalue weighted by Crippen LogP contribution is -2.42. The first-order valence-corrected chi connectivity index (χ1v) is 9.30. The van der Waals surface area contributed by atoms with Gasteiger partial charge in [-0.2, -0.15) is 0 Å². The second kappa shape index (κ2) is 6.79. The third-order valence-corrected chi connectivity index (χ3v) is 6.24. The number of benzene rings is 1. The molecular formula is C16H24N2O3S. The van der Waals surface area contributed by atoms with Crippen molar-refractivity contribution < 1.29 is 13.2 Å². The predicted molar refractivity (Wildman–Crippen MR) is 88.3 cm³/mol. The van der Waals surface area contributed by atoms with Crippen molar-refractivity contribution in [3.8, 4) is 0 Å². The molecule has 1 aliphatic heterocycles. The molecule has 0 spiro atoms. The topological polar surface area (TPSA) is 66.5 Å². The molecule has 0 aromatic heterocycles. The predicted octanol–water partition coefficient (Wildman–Crippen LogP) is 2.30. The molecule has 22 heavy (non-hydrogen) atoms. The van der Waals surface area contributed by atoms with Crippen molar-refractivity contribution in [3.63, 3.8) is 0 Å². The lowest BCUT2D eigenvalue weighted by atomic mass is 9.97. The Kier molecular flexibility index (Phi) is 5.24. The van der Waals surface area contributed by atoms with E-state index in [0.717, 1.165) is 11.3 Å². The lowest BCUT2D eigenvalue weighted by molar-refractivity contribution is -0.120. The summed E-state index contributed by atoms with van der Waals surface area (Å²) in [4.78, 5) is 12.3. The molecule has 122 valence electrons. The number of carbonyl (C=O) groups is 1. The summed E-state index contributed by atoms with van der Waals surface area (Å²) in [5, 5.41) is 2.94. The Balaban J connectivity index is 1.94. The zero-order valence-corrected chi connectivity index (χ0v) is 14.2. The molecule has 1 aliphatic rings. The van der Waals surface area contributed by atoms with E-state index in [9.17, 15) is 13.2 Å². The summed E-state index contributed by atoms with van der Waals surface area (Å²) >= 11 is 0. The van der Waals surface area contributed by atoms with Crippen molar-refractivity contribution in [3.05, 3.63) is 29.3 Å². The molecule has 2 rings (SSSR count). The van der Waals surface area contributed by atoms with Crippen LogP contribution in [0.5, 0.6) is 0 Å². The highest BCUT2D eigenvalue weighted by atomic mass is 32.2. The van der Waals surface area contributed by atoms with Gasteiger partial charge in [0.2, 0.25) is 15.9 Å².